The van der Waals surface area contributed by atoms with Crippen molar-refractivity contribution in [3.05, 3.63) is 69.5 Å². The second-order valence-electron chi connectivity index (χ2n) is 6.65. The zero-order chi connectivity index (χ0) is 23.5. The van der Waals surface area contributed by atoms with Crippen LogP contribution in [0.5, 0.6) is 0 Å². The lowest BCUT2D eigenvalue weighted by Gasteiger charge is -2.14. The zero-order valence-corrected chi connectivity index (χ0v) is 18.4. The topological polar surface area (TPSA) is 73.2 Å². The number of esters is 1. The van der Waals surface area contributed by atoms with Gasteiger partial charge in [0.15, 0.2) is 11.7 Å². The van der Waals surface area contributed by atoms with Gasteiger partial charge in [-0.2, -0.15) is 13.2 Å². The molecular formula is C21H17ClF3N3O3S. The highest BCUT2D eigenvalue weighted by Gasteiger charge is 2.34. The predicted octanol–water partition coefficient (Wildman–Crippen LogP) is 5.42. The van der Waals surface area contributed by atoms with E-state index in [0.717, 1.165) is 34.2 Å². The van der Waals surface area contributed by atoms with Crippen molar-refractivity contribution in [1.29, 1.82) is 0 Å². The van der Waals surface area contributed by atoms with E-state index in [0.29, 0.717) is 6.07 Å². The molecule has 11 heteroatoms. The summed E-state index contributed by atoms with van der Waals surface area (Å²) in [5.74, 6) is -1.73. The number of rotatable bonds is 6. The van der Waals surface area contributed by atoms with Gasteiger partial charge in [0.25, 0.3) is 5.91 Å². The number of hydrogen-bond acceptors (Lipinski definition) is 5. The summed E-state index contributed by atoms with van der Waals surface area (Å²) in [6, 6.07) is 4.81. The van der Waals surface area contributed by atoms with Crippen LogP contribution in [0.15, 0.2) is 41.9 Å². The Labute approximate surface area is 190 Å². The number of alkyl halides is 3. The van der Waals surface area contributed by atoms with Crippen molar-refractivity contribution in [3.63, 3.8) is 0 Å². The molecule has 1 N–H and O–H groups in total. The number of ether oxygens (including phenoxy) is 1. The minimum Gasteiger partial charge on any atom is -0.452 e. The Balaban J connectivity index is 1.61. The Hall–Kier alpha value is -3.11. The molecular weight excluding hydrogens is 467 g/mol. The molecule has 0 fully saturated rings. The second kappa shape index (κ2) is 9.58. The number of aryl methyl sites for hydroxylation is 1. The van der Waals surface area contributed by atoms with Crippen molar-refractivity contribution < 1.29 is 27.5 Å². The molecule has 2 heterocycles. The molecule has 168 valence electrons. The molecule has 0 unspecified atom stereocenters. The van der Waals surface area contributed by atoms with Crippen molar-refractivity contribution >= 4 is 46.6 Å². The van der Waals surface area contributed by atoms with Crippen LogP contribution in [0, 0.1) is 13.8 Å². The Morgan fingerprint density at radius 1 is 1.28 bits per heavy atom. The van der Waals surface area contributed by atoms with Gasteiger partial charge in [0.05, 0.1) is 11.3 Å². The molecule has 0 spiro atoms. The number of carbonyl (C=O) groups is 2. The highest BCUT2D eigenvalue weighted by molar-refractivity contribution is 7.12. The van der Waals surface area contributed by atoms with Gasteiger partial charge in [-0.25, -0.2) is 9.78 Å². The number of benzene rings is 1. The monoisotopic (exact) mass is 483 g/mol. The molecule has 1 amide bonds. The lowest BCUT2D eigenvalue weighted by molar-refractivity contribution is -0.142. The second-order valence-corrected chi connectivity index (χ2v) is 7.96. The van der Waals surface area contributed by atoms with E-state index in [1.54, 1.807) is 6.20 Å². The van der Waals surface area contributed by atoms with E-state index >= 15 is 0 Å². The first kappa shape index (κ1) is 23.6. The number of hydrogen-bond donors (Lipinski definition) is 1. The van der Waals surface area contributed by atoms with Gasteiger partial charge in [0, 0.05) is 34.1 Å². The van der Waals surface area contributed by atoms with Crippen molar-refractivity contribution in [1.82, 2.24) is 9.55 Å². The first-order chi connectivity index (χ1) is 15.1. The van der Waals surface area contributed by atoms with E-state index < -0.39 is 35.9 Å². The van der Waals surface area contributed by atoms with Gasteiger partial charge in [-0.1, -0.05) is 11.6 Å². The summed E-state index contributed by atoms with van der Waals surface area (Å²) in [6.07, 6.45) is -0.339. The van der Waals surface area contributed by atoms with E-state index in [-0.39, 0.29) is 5.02 Å². The summed E-state index contributed by atoms with van der Waals surface area (Å²) in [6.45, 7) is 3.03. The van der Waals surface area contributed by atoms with E-state index in [1.165, 1.54) is 23.5 Å². The van der Waals surface area contributed by atoms with Crippen LogP contribution in [0.1, 0.15) is 22.5 Å². The quantitative estimate of drug-likeness (QED) is 0.375. The van der Waals surface area contributed by atoms with Gasteiger partial charge >= 0.3 is 12.1 Å². The number of nitrogens with one attached hydrogen (secondary N) is 1. The Kier molecular flexibility index (Phi) is 7.05. The summed E-state index contributed by atoms with van der Waals surface area (Å²) in [7, 11) is 0. The van der Waals surface area contributed by atoms with E-state index in [4.69, 9.17) is 16.3 Å². The van der Waals surface area contributed by atoms with Crippen LogP contribution in [-0.4, -0.2) is 28.0 Å². The molecule has 6 nitrogen and oxygen atoms in total. The van der Waals surface area contributed by atoms with Gasteiger partial charge in [-0.05, 0) is 49.8 Å². The molecule has 0 saturated heterocycles. The number of amides is 1. The molecule has 3 rings (SSSR count). The maximum Gasteiger partial charge on any atom is 0.418 e. The minimum absolute atomic E-state index is 0.124. The molecule has 0 radical (unpaired) electrons. The smallest absolute Gasteiger partial charge is 0.418 e. The fraction of sp³-hybridized carbons (Fsp3) is 0.190. The SMILES string of the molecule is Cc1cc(/C=C/C(=O)OCC(=O)Nc2ccc(Cl)cc2C(F)(F)F)c(C)n1-c1nccs1. The highest BCUT2D eigenvalue weighted by Crippen LogP contribution is 2.36. The van der Waals surface area contributed by atoms with Crippen molar-refractivity contribution in [2.24, 2.45) is 0 Å². The maximum absolute atomic E-state index is 13.1. The Bertz CT molecular complexity index is 1170. The lowest BCUT2D eigenvalue weighted by atomic mass is 10.1. The van der Waals surface area contributed by atoms with Crippen LogP contribution < -0.4 is 5.32 Å². The van der Waals surface area contributed by atoms with Crippen molar-refractivity contribution in [2.75, 3.05) is 11.9 Å². The lowest BCUT2D eigenvalue weighted by Crippen LogP contribution is -2.22. The van der Waals surface area contributed by atoms with Crippen molar-refractivity contribution in [3.8, 4) is 5.13 Å². The first-order valence-electron chi connectivity index (χ1n) is 9.16. The molecule has 0 aliphatic heterocycles. The Morgan fingerprint density at radius 3 is 2.69 bits per heavy atom. The van der Waals surface area contributed by atoms with Crippen LogP contribution in [0.4, 0.5) is 18.9 Å². The van der Waals surface area contributed by atoms with Gasteiger partial charge < -0.3 is 10.1 Å². The number of anilines is 1. The number of carbonyl (C=O) groups excluding carboxylic acids is 2. The molecule has 32 heavy (non-hydrogen) atoms. The summed E-state index contributed by atoms with van der Waals surface area (Å²) >= 11 is 7.08. The third-order valence-electron chi connectivity index (χ3n) is 4.39. The summed E-state index contributed by atoms with van der Waals surface area (Å²) in [4.78, 5) is 28.2. The van der Waals surface area contributed by atoms with Gasteiger partial charge in [-0.3, -0.25) is 9.36 Å². The number of thiazole rings is 1. The molecule has 0 saturated carbocycles. The van der Waals surface area contributed by atoms with Gasteiger partial charge in [0.2, 0.25) is 0 Å². The average molecular weight is 484 g/mol. The summed E-state index contributed by atoms with van der Waals surface area (Å²) in [5, 5.41) is 4.60. The van der Waals surface area contributed by atoms with Crippen molar-refractivity contribution in [2.45, 2.75) is 20.0 Å². The Morgan fingerprint density at radius 2 is 2.03 bits per heavy atom. The van der Waals surface area contributed by atoms with Crippen LogP contribution >= 0.6 is 22.9 Å². The molecule has 3 aromatic rings. The van der Waals surface area contributed by atoms with E-state index in [1.807, 2.05) is 29.9 Å². The number of aromatic nitrogens is 2. The average Bonchev–Trinajstić information content (AvgIpc) is 3.33. The molecule has 0 aliphatic rings. The number of nitrogens with zero attached hydrogens (tertiary/aromatic N) is 2. The predicted molar refractivity (Wildman–Crippen MR) is 116 cm³/mol. The van der Waals surface area contributed by atoms with E-state index in [2.05, 4.69) is 10.3 Å². The largest absolute Gasteiger partial charge is 0.452 e. The number of halogens is 4. The standard InChI is InChI=1S/C21H17ClF3N3O3S/c1-12-9-14(13(2)28(12)20-26-7-8-32-20)3-6-19(30)31-11-18(29)27-17-5-4-15(22)10-16(17)21(23,24)25/h3-10H,11H2,1-2H3,(H,27,29)/b6-3+. The fourth-order valence-corrected chi connectivity index (χ4v) is 3.89. The van der Waals surface area contributed by atoms with Gasteiger partial charge in [0.1, 0.15) is 0 Å². The highest BCUT2D eigenvalue weighted by atomic mass is 35.5. The zero-order valence-electron chi connectivity index (χ0n) is 16.9. The molecule has 2 aromatic heterocycles. The van der Waals surface area contributed by atoms with Crippen LogP contribution in [0.2, 0.25) is 5.02 Å². The first-order valence-corrected chi connectivity index (χ1v) is 10.4. The molecule has 0 aliphatic carbocycles. The molecule has 0 bridgehead atoms. The van der Waals surface area contributed by atoms with E-state index in [9.17, 15) is 22.8 Å². The maximum atomic E-state index is 13.1. The minimum atomic E-state index is -4.71. The van der Waals surface area contributed by atoms with Crippen LogP contribution in [0.3, 0.4) is 0 Å². The summed E-state index contributed by atoms with van der Waals surface area (Å²) in [5.41, 5.74) is 0.971. The molecule has 0 atom stereocenters. The fourth-order valence-electron chi connectivity index (χ4n) is 2.97. The third kappa shape index (κ3) is 5.57. The molecule has 1 aromatic carbocycles. The normalized spacial score (nSPS) is 11.7. The summed E-state index contributed by atoms with van der Waals surface area (Å²) < 4.78 is 46.1. The van der Waals surface area contributed by atoms with Crippen LogP contribution in [0.25, 0.3) is 11.2 Å². The van der Waals surface area contributed by atoms with Crippen LogP contribution in [-0.2, 0) is 20.5 Å². The third-order valence-corrected chi connectivity index (χ3v) is 5.38. The van der Waals surface area contributed by atoms with Gasteiger partial charge in [-0.15, -0.1) is 11.3 Å².